The first kappa shape index (κ1) is 12.4. The van der Waals surface area contributed by atoms with Gasteiger partial charge < -0.3 is 9.88 Å². The number of carbonyl (C=O) groups is 1. The number of H-pyrrole nitrogens is 1. The second-order valence-corrected chi connectivity index (χ2v) is 5.87. The zero-order chi connectivity index (χ0) is 13.2. The van der Waals surface area contributed by atoms with Gasteiger partial charge in [0.05, 0.1) is 6.42 Å². The number of aromatic amines is 1. The molecule has 19 heavy (non-hydrogen) atoms. The highest BCUT2D eigenvalue weighted by atomic mass is 32.1. The van der Waals surface area contributed by atoms with Gasteiger partial charge in [0.2, 0.25) is 5.91 Å². The van der Waals surface area contributed by atoms with Gasteiger partial charge in [-0.05, 0) is 35.7 Å². The fraction of sp³-hybridized carbons (Fsp3) is 0.429. The van der Waals surface area contributed by atoms with E-state index in [0.717, 1.165) is 36.6 Å². The lowest BCUT2D eigenvalue weighted by Gasteiger charge is -2.15. The minimum Gasteiger partial charge on any atom is -0.346 e. The van der Waals surface area contributed by atoms with Crippen LogP contribution in [0.4, 0.5) is 0 Å². The lowest BCUT2D eigenvalue weighted by Crippen LogP contribution is -2.29. The second-order valence-electron chi connectivity index (χ2n) is 5.09. The van der Waals surface area contributed by atoms with E-state index in [1.54, 1.807) is 11.3 Å². The molecule has 0 bridgehead atoms. The van der Waals surface area contributed by atoms with E-state index in [1.165, 1.54) is 0 Å². The average Bonchev–Trinajstić information content (AvgIpc) is 3.07. The van der Waals surface area contributed by atoms with E-state index in [1.807, 2.05) is 34.8 Å². The van der Waals surface area contributed by atoms with Gasteiger partial charge in [0.25, 0.3) is 0 Å². The number of aryl methyl sites for hydroxylation is 1. The van der Waals surface area contributed by atoms with E-state index in [9.17, 15) is 4.79 Å². The van der Waals surface area contributed by atoms with Crippen molar-refractivity contribution in [3.05, 3.63) is 40.1 Å². The van der Waals surface area contributed by atoms with Crippen LogP contribution in [0, 0.1) is 6.92 Å². The van der Waals surface area contributed by atoms with Gasteiger partial charge in [-0.25, -0.2) is 4.98 Å². The van der Waals surface area contributed by atoms with E-state index in [0.29, 0.717) is 12.3 Å². The number of hydrogen-bond donors (Lipinski definition) is 1. The van der Waals surface area contributed by atoms with Crippen molar-refractivity contribution in [2.45, 2.75) is 25.7 Å². The number of imidazole rings is 1. The molecule has 2 aromatic rings. The molecule has 1 fully saturated rings. The molecular weight excluding hydrogens is 258 g/mol. The maximum Gasteiger partial charge on any atom is 0.227 e. The van der Waals surface area contributed by atoms with Crippen molar-refractivity contribution < 1.29 is 4.79 Å². The highest BCUT2D eigenvalue weighted by Gasteiger charge is 2.28. The SMILES string of the molecule is Cc1cnc([C@H]2CCN(C(=O)Cc3ccsc3)C2)[nH]1. The van der Waals surface area contributed by atoms with Crippen LogP contribution in [0.15, 0.2) is 23.0 Å². The van der Waals surface area contributed by atoms with E-state index in [-0.39, 0.29) is 5.91 Å². The first-order valence-electron chi connectivity index (χ1n) is 6.53. The zero-order valence-corrected chi connectivity index (χ0v) is 11.7. The summed E-state index contributed by atoms with van der Waals surface area (Å²) in [6.45, 7) is 3.63. The van der Waals surface area contributed by atoms with Gasteiger partial charge >= 0.3 is 0 Å². The molecule has 0 saturated carbocycles. The van der Waals surface area contributed by atoms with Crippen molar-refractivity contribution >= 4 is 17.2 Å². The second kappa shape index (κ2) is 5.17. The summed E-state index contributed by atoms with van der Waals surface area (Å²) in [4.78, 5) is 21.8. The van der Waals surface area contributed by atoms with Gasteiger partial charge in [-0.2, -0.15) is 11.3 Å². The Labute approximate surface area is 116 Å². The Morgan fingerprint density at radius 3 is 3.21 bits per heavy atom. The molecule has 1 N–H and O–H groups in total. The summed E-state index contributed by atoms with van der Waals surface area (Å²) in [6.07, 6.45) is 3.38. The lowest BCUT2D eigenvalue weighted by atomic mass is 10.1. The molecule has 0 aliphatic carbocycles. The number of carbonyl (C=O) groups excluding carboxylic acids is 1. The van der Waals surface area contributed by atoms with Crippen LogP contribution in [0.2, 0.25) is 0 Å². The summed E-state index contributed by atoms with van der Waals surface area (Å²) < 4.78 is 0. The quantitative estimate of drug-likeness (QED) is 0.934. The molecule has 0 spiro atoms. The number of nitrogens with one attached hydrogen (secondary N) is 1. The standard InChI is InChI=1S/C14H17N3OS/c1-10-7-15-14(16-10)12-2-4-17(8-12)13(18)6-11-3-5-19-9-11/h3,5,7,9,12H,2,4,6,8H2,1H3,(H,15,16)/t12-/m0/s1. The fourth-order valence-corrected chi connectivity index (χ4v) is 3.20. The molecule has 0 radical (unpaired) electrons. The smallest absolute Gasteiger partial charge is 0.227 e. The molecule has 0 unspecified atom stereocenters. The van der Waals surface area contributed by atoms with Crippen LogP contribution < -0.4 is 0 Å². The Bertz CT molecular complexity index is 561. The molecule has 1 saturated heterocycles. The predicted molar refractivity (Wildman–Crippen MR) is 75.3 cm³/mol. The van der Waals surface area contributed by atoms with Crippen LogP contribution >= 0.6 is 11.3 Å². The Balaban J connectivity index is 1.61. The van der Waals surface area contributed by atoms with E-state index in [2.05, 4.69) is 9.97 Å². The Hall–Kier alpha value is -1.62. The maximum atomic E-state index is 12.2. The minimum absolute atomic E-state index is 0.226. The average molecular weight is 275 g/mol. The predicted octanol–water partition coefficient (Wildman–Crippen LogP) is 2.34. The molecular formula is C14H17N3OS. The van der Waals surface area contributed by atoms with Crippen LogP contribution in [0.25, 0.3) is 0 Å². The van der Waals surface area contributed by atoms with Crippen LogP contribution in [0.3, 0.4) is 0 Å². The number of hydrogen-bond acceptors (Lipinski definition) is 3. The van der Waals surface area contributed by atoms with Gasteiger partial charge in [0.15, 0.2) is 0 Å². The number of aromatic nitrogens is 2. The molecule has 3 heterocycles. The van der Waals surface area contributed by atoms with Crippen LogP contribution in [0.5, 0.6) is 0 Å². The number of amides is 1. The van der Waals surface area contributed by atoms with Crippen molar-refractivity contribution in [3.63, 3.8) is 0 Å². The van der Waals surface area contributed by atoms with Crippen LogP contribution in [0.1, 0.15) is 29.4 Å². The van der Waals surface area contributed by atoms with E-state index >= 15 is 0 Å². The summed E-state index contributed by atoms with van der Waals surface area (Å²) in [5, 5.41) is 4.06. The largest absolute Gasteiger partial charge is 0.346 e. The molecule has 4 nitrogen and oxygen atoms in total. The van der Waals surface area contributed by atoms with Gasteiger partial charge in [-0.15, -0.1) is 0 Å². The molecule has 0 aromatic carbocycles. The normalized spacial score (nSPS) is 19.0. The Kier molecular flexibility index (Phi) is 3.38. The molecule has 1 aliphatic heterocycles. The third-order valence-electron chi connectivity index (χ3n) is 3.59. The Morgan fingerprint density at radius 1 is 1.63 bits per heavy atom. The summed E-state index contributed by atoms with van der Waals surface area (Å²) in [5.41, 5.74) is 2.20. The molecule has 2 aromatic heterocycles. The van der Waals surface area contributed by atoms with Crippen LogP contribution in [-0.2, 0) is 11.2 Å². The van der Waals surface area contributed by atoms with Crippen molar-refractivity contribution in [2.24, 2.45) is 0 Å². The first-order chi connectivity index (χ1) is 9.22. The van der Waals surface area contributed by atoms with E-state index < -0.39 is 0 Å². The third kappa shape index (κ3) is 2.71. The number of likely N-dealkylation sites (tertiary alicyclic amines) is 1. The van der Waals surface area contributed by atoms with Crippen molar-refractivity contribution in [3.8, 4) is 0 Å². The van der Waals surface area contributed by atoms with Crippen molar-refractivity contribution in [1.29, 1.82) is 0 Å². The molecule has 1 atom stereocenters. The van der Waals surface area contributed by atoms with Crippen molar-refractivity contribution in [2.75, 3.05) is 13.1 Å². The summed E-state index contributed by atoms with van der Waals surface area (Å²) in [5.74, 6) is 1.60. The van der Waals surface area contributed by atoms with Gasteiger partial charge in [-0.3, -0.25) is 4.79 Å². The Morgan fingerprint density at radius 2 is 2.53 bits per heavy atom. The zero-order valence-electron chi connectivity index (χ0n) is 10.9. The first-order valence-corrected chi connectivity index (χ1v) is 7.47. The lowest BCUT2D eigenvalue weighted by molar-refractivity contribution is -0.129. The molecule has 1 aliphatic rings. The van der Waals surface area contributed by atoms with Crippen LogP contribution in [-0.4, -0.2) is 33.9 Å². The fourth-order valence-electron chi connectivity index (χ4n) is 2.53. The highest BCUT2D eigenvalue weighted by Crippen LogP contribution is 2.25. The summed E-state index contributed by atoms with van der Waals surface area (Å²) in [7, 11) is 0. The molecule has 5 heteroatoms. The minimum atomic E-state index is 0.226. The van der Waals surface area contributed by atoms with Gasteiger partial charge in [0, 0.05) is 30.9 Å². The molecule has 3 rings (SSSR count). The van der Waals surface area contributed by atoms with Gasteiger partial charge in [-0.1, -0.05) is 0 Å². The summed E-state index contributed by atoms with van der Waals surface area (Å²) >= 11 is 1.64. The number of rotatable bonds is 3. The van der Waals surface area contributed by atoms with Gasteiger partial charge in [0.1, 0.15) is 5.82 Å². The monoisotopic (exact) mass is 275 g/mol. The highest BCUT2D eigenvalue weighted by molar-refractivity contribution is 7.07. The third-order valence-corrected chi connectivity index (χ3v) is 4.32. The maximum absolute atomic E-state index is 12.2. The molecule has 1 amide bonds. The number of thiophene rings is 1. The molecule has 100 valence electrons. The number of nitrogens with zero attached hydrogens (tertiary/aromatic N) is 2. The topological polar surface area (TPSA) is 49.0 Å². The van der Waals surface area contributed by atoms with Crippen molar-refractivity contribution in [1.82, 2.24) is 14.9 Å². The van der Waals surface area contributed by atoms with E-state index in [4.69, 9.17) is 0 Å². The summed E-state index contributed by atoms with van der Waals surface area (Å²) in [6, 6.07) is 2.02.